The molecule has 7 aliphatic rings. The van der Waals surface area contributed by atoms with Gasteiger partial charge in [-0.15, -0.1) is 0 Å². The van der Waals surface area contributed by atoms with Gasteiger partial charge in [0.2, 0.25) is 0 Å². The van der Waals surface area contributed by atoms with Crippen molar-refractivity contribution in [3.8, 4) is 0 Å². The molecule has 3 N–H and O–H groups in total. The van der Waals surface area contributed by atoms with Crippen LogP contribution >= 0.6 is 45.2 Å². The van der Waals surface area contributed by atoms with Gasteiger partial charge in [0.15, 0.2) is 9.39 Å². The molecule has 2 saturated heterocycles. The molecule has 7 rings (SSSR count). The SMILES string of the molecule is C=C1OC2(I)C(I)[C@@H](C)[C@H]3[C@@H]([C@H](O)[C@H]4C5C(O)C(=O)[C@H]6C[C@@H]7O[C@@H]7[C@H](OC(C)=O)[C@]6(C)C5C(C)[C@H](C)[C@]34C)[C@@]2(C)[C@]1(C)O. The molecule has 0 aromatic rings. The number of hydrogen-bond donors (Lipinski definition) is 3. The maximum absolute atomic E-state index is 14.3. The van der Waals surface area contributed by atoms with Crippen molar-refractivity contribution < 1.29 is 39.1 Å². The Morgan fingerprint density at radius 3 is 2.26 bits per heavy atom. The largest absolute Gasteiger partial charge is 0.477 e. The van der Waals surface area contributed by atoms with Crippen LogP contribution in [0.2, 0.25) is 0 Å². The van der Waals surface area contributed by atoms with Gasteiger partial charge in [0.25, 0.3) is 0 Å². The summed E-state index contributed by atoms with van der Waals surface area (Å²) in [6.45, 7) is 20.4. The van der Waals surface area contributed by atoms with E-state index in [1.165, 1.54) is 6.92 Å². The number of aliphatic hydroxyl groups is 3. The summed E-state index contributed by atoms with van der Waals surface area (Å²) in [5, 5.41) is 37.0. The van der Waals surface area contributed by atoms with Gasteiger partial charge in [-0.25, -0.2) is 0 Å². The van der Waals surface area contributed by atoms with Crippen molar-refractivity contribution >= 4 is 56.9 Å². The number of carbonyl (C=O) groups is 2. The highest BCUT2D eigenvalue weighted by atomic mass is 127. The second kappa shape index (κ2) is 9.11. The molecule has 0 radical (unpaired) electrons. The molecule has 240 valence electrons. The van der Waals surface area contributed by atoms with Gasteiger partial charge in [0.1, 0.15) is 29.7 Å². The van der Waals surface area contributed by atoms with Crippen molar-refractivity contribution in [3.63, 3.8) is 0 Å². The van der Waals surface area contributed by atoms with E-state index in [1.807, 2.05) is 6.92 Å². The number of rotatable bonds is 1. The van der Waals surface area contributed by atoms with E-state index >= 15 is 0 Å². The first kappa shape index (κ1) is 31.6. The number of halogens is 2. The molecular formula is C33H46I2O8. The predicted molar refractivity (Wildman–Crippen MR) is 174 cm³/mol. The average molecular weight is 825 g/mol. The molecule has 5 aliphatic carbocycles. The number of epoxide rings is 1. The zero-order valence-electron chi connectivity index (χ0n) is 26.2. The summed E-state index contributed by atoms with van der Waals surface area (Å²) in [5.41, 5.74) is -3.50. The van der Waals surface area contributed by atoms with Gasteiger partial charge in [-0.3, -0.25) is 9.59 Å². The van der Waals surface area contributed by atoms with Gasteiger partial charge in [-0.1, -0.05) is 70.7 Å². The molecule has 0 aromatic carbocycles. The molecule has 2 aliphatic heterocycles. The third kappa shape index (κ3) is 3.28. The van der Waals surface area contributed by atoms with Gasteiger partial charge < -0.3 is 29.5 Å². The Bertz CT molecular complexity index is 1310. The highest BCUT2D eigenvalue weighted by molar-refractivity contribution is 14.1. The van der Waals surface area contributed by atoms with Crippen LogP contribution in [-0.2, 0) is 23.8 Å². The Balaban J connectivity index is 1.43. The maximum Gasteiger partial charge on any atom is 0.303 e. The molecular weight excluding hydrogens is 778 g/mol. The first-order chi connectivity index (χ1) is 19.7. The highest BCUT2D eigenvalue weighted by Crippen LogP contribution is 2.80. The number of ether oxygens (including phenoxy) is 3. The fraction of sp³-hybridized carbons (Fsp3) is 0.879. The first-order valence-corrected chi connectivity index (χ1v) is 18.2. The lowest BCUT2D eigenvalue weighted by Crippen LogP contribution is -2.71. The molecule has 0 bridgehead atoms. The number of fused-ring (bicyclic) bond motifs is 10. The molecule has 0 spiro atoms. The zero-order chi connectivity index (χ0) is 31.7. The second-order valence-corrected chi connectivity index (χ2v) is 19.0. The number of aliphatic hydroxyl groups excluding tert-OH is 2. The summed E-state index contributed by atoms with van der Waals surface area (Å²) in [5.74, 6) is -2.08. The number of hydrogen-bond acceptors (Lipinski definition) is 8. The van der Waals surface area contributed by atoms with Gasteiger partial charge in [0.05, 0.1) is 21.5 Å². The summed E-state index contributed by atoms with van der Waals surface area (Å²) >= 11 is 4.84. The molecule has 6 unspecified atom stereocenters. The van der Waals surface area contributed by atoms with Gasteiger partial charge >= 0.3 is 5.97 Å². The van der Waals surface area contributed by atoms with Crippen LogP contribution in [0.5, 0.6) is 0 Å². The van der Waals surface area contributed by atoms with Crippen LogP contribution in [0, 0.1) is 69.5 Å². The van der Waals surface area contributed by atoms with E-state index in [9.17, 15) is 24.9 Å². The van der Waals surface area contributed by atoms with E-state index in [0.717, 1.165) is 0 Å². The lowest BCUT2D eigenvalue weighted by molar-refractivity contribution is -0.234. The van der Waals surface area contributed by atoms with E-state index < -0.39 is 67.5 Å². The van der Waals surface area contributed by atoms with E-state index in [0.29, 0.717) is 12.2 Å². The lowest BCUT2D eigenvalue weighted by Gasteiger charge is -2.66. The van der Waals surface area contributed by atoms with Crippen LogP contribution in [0.15, 0.2) is 12.3 Å². The van der Waals surface area contributed by atoms with Gasteiger partial charge in [-0.2, -0.15) is 0 Å². The van der Waals surface area contributed by atoms with Crippen LogP contribution in [-0.4, -0.2) is 70.7 Å². The summed E-state index contributed by atoms with van der Waals surface area (Å²) in [4.78, 5) is 26.7. The van der Waals surface area contributed by atoms with E-state index in [1.54, 1.807) is 6.92 Å². The number of carbonyl (C=O) groups excluding carboxylic acids is 2. The third-order valence-electron chi connectivity index (χ3n) is 15.1. The molecule has 0 aromatic heterocycles. The second-order valence-electron chi connectivity index (χ2n) is 16.1. The summed E-state index contributed by atoms with van der Waals surface area (Å²) in [6, 6.07) is 0. The molecule has 8 nitrogen and oxygen atoms in total. The van der Waals surface area contributed by atoms with Crippen molar-refractivity contribution in [2.75, 3.05) is 0 Å². The Hall–Kier alpha value is -0.0200. The van der Waals surface area contributed by atoms with Crippen LogP contribution in [0.25, 0.3) is 0 Å². The smallest absolute Gasteiger partial charge is 0.303 e. The molecule has 2 heterocycles. The number of esters is 1. The van der Waals surface area contributed by atoms with Crippen molar-refractivity contribution in [3.05, 3.63) is 12.3 Å². The number of ketones is 1. The summed E-state index contributed by atoms with van der Waals surface area (Å²) in [7, 11) is 0. The van der Waals surface area contributed by atoms with E-state index in [2.05, 4.69) is 86.4 Å². The fourth-order valence-corrected chi connectivity index (χ4v) is 15.7. The van der Waals surface area contributed by atoms with Crippen LogP contribution < -0.4 is 0 Å². The van der Waals surface area contributed by atoms with Crippen LogP contribution in [0.3, 0.4) is 0 Å². The Labute approximate surface area is 281 Å². The van der Waals surface area contributed by atoms with Crippen molar-refractivity contribution in [1.82, 2.24) is 0 Å². The molecule has 43 heavy (non-hydrogen) atoms. The van der Waals surface area contributed by atoms with Crippen molar-refractivity contribution in [2.45, 2.75) is 105 Å². The van der Waals surface area contributed by atoms with Gasteiger partial charge in [-0.05, 0) is 76.9 Å². The Kier molecular flexibility index (Phi) is 6.69. The standard InChI is InChI=1S/C33H46I2O8/c1-11-13(3)29(6)20-12(2)27(34)33(35)31(8,32(9,40)14(4)43-33)22(20)25(39)21(29)18-19(11)30(7)16(23(37)24(18)38)10-17-26(42-17)28(30)41-15(5)36/h11-13,16-22,24-28,38-40H,4,10H2,1-3,5-9H3/t11?,12-,13-,16+,17-,18?,19?,20-,21+,22-,24?,25+,26-,27?,28-,29+,30-,31-,32+,33?/m0/s1. The monoisotopic (exact) mass is 824 g/mol. The van der Waals surface area contributed by atoms with Crippen molar-refractivity contribution in [1.29, 1.82) is 0 Å². The van der Waals surface area contributed by atoms with Crippen LogP contribution in [0.4, 0.5) is 0 Å². The van der Waals surface area contributed by atoms with Crippen LogP contribution in [0.1, 0.15) is 61.8 Å². The molecule has 5 saturated carbocycles. The molecule has 7 fully saturated rings. The topological polar surface area (TPSA) is 126 Å². The molecule has 20 atom stereocenters. The van der Waals surface area contributed by atoms with E-state index in [4.69, 9.17) is 14.2 Å². The number of Topliss-reactive ketones (excluding diaryl/α,β-unsaturated/α-hetero) is 1. The van der Waals surface area contributed by atoms with E-state index in [-0.39, 0.29) is 57.4 Å². The minimum absolute atomic E-state index is 0.00105. The summed E-state index contributed by atoms with van der Waals surface area (Å²) < 4.78 is 17.7. The first-order valence-electron chi connectivity index (χ1n) is 15.9. The average Bonchev–Trinajstić information content (AvgIpc) is 3.63. The Morgan fingerprint density at radius 2 is 1.65 bits per heavy atom. The number of alkyl halides is 2. The van der Waals surface area contributed by atoms with Crippen molar-refractivity contribution in [2.24, 2.45) is 69.5 Å². The van der Waals surface area contributed by atoms with Gasteiger partial charge in [0, 0.05) is 30.1 Å². The highest BCUT2D eigenvalue weighted by Gasteiger charge is 2.84. The third-order valence-corrected chi connectivity index (χ3v) is 20.3. The zero-order valence-corrected chi connectivity index (χ0v) is 30.5. The minimum Gasteiger partial charge on any atom is -0.477 e. The molecule has 10 heteroatoms. The normalized spacial score (nSPS) is 64.8. The molecule has 0 amide bonds. The Morgan fingerprint density at radius 1 is 1.02 bits per heavy atom. The lowest BCUT2D eigenvalue weighted by atomic mass is 9.38. The maximum atomic E-state index is 14.3. The fourth-order valence-electron chi connectivity index (χ4n) is 12.8. The summed E-state index contributed by atoms with van der Waals surface area (Å²) in [6.07, 6.45) is -2.64. The minimum atomic E-state index is -1.40. The predicted octanol–water partition coefficient (Wildman–Crippen LogP) is 4.29. The quantitative estimate of drug-likeness (QED) is 0.155.